The molecule has 0 bridgehead atoms. The average molecular weight is 398 g/mol. The van der Waals surface area contributed by atoms with Crippen LogP contribution in [0.2, 0.25) is 0 Å². The maximum absolute atomic E-state index is 11.4. The second kappa shape index (κ2) is 8.40. The van der Waals surface area contributed by atoms with E-state index in [1.54, 1.807) is 0 Å². The lowest BCUT2D eigenvalue weighted by Crippen LogP contribution is -2.61. The highest BCUT2D eigenvalue weighted by Crippen LogP contribution is 2.50. The highest BCUT2D eigenvalue weighted by molar-refractivity contribution is 5.73. The molecule has 160 valence electrons. The molecule has 1 aliphatic heterocycles. The first kappa shape index (κ1) is 21.7. The van der Waals surface area contributed by atoms with Gasteiger partial charge < -0.3 is 29.9 Å². The smallest absolute Gasteiger partial charge is 0.335 e. The summed E-state index contributed by atoms with van der Waals surface area (Å²) >= 11 is 0. The number of aliphatic hydroxyl groups excluding tert-OH is 3. The van der Waals surface area contributed by atoms with Crippen molar-refractivity contribution >= 4 is 5.97 Å². The van der Waals surface area contributed by atoms with E-state index in [2.05, 4.69) is 27.7 Å². The molecule has 2 aliphatic carbocycles. The fourth-order valence-corrected chi connectivity index (χ4v) is 5.53. The van der Waals surface area contributed by atoms with Crippen LogP contribution in [0.3, 0.4) is 0 Å². The zero-order valence-corrected chi connectivity index (χ0v) is 17.1. The van der Waals surface area contributed by atoms with E-state index in [4.69, 9.17) is 9.47 Å². The van der Waals surface area contributed by atoms with E-state index in [0.29, 0.717) is 23.7 Å². The van der Waals surface area contributed by atoms with Gasteiger partial charge in [0.15, 0.2) is 12.4 Å². The molecule has 0 aromatic rings. The summed E-state index contributed by atoms with van der Waals surface area (Å²) in [7, 11) is 0. The molecule has 3 aliphatic rings. The Labute approximate surface area is 166 Å². The molecule has 3 rings (SSSR count). The van der Waals surface area contributed by atoms with Crippen molar-refractivity contribution in [3.8, 4) is 0 Å². The molecule has 0 radical (unpaired) electrons. The molecule has 0 aromatic carbocycles. The molecule has 6 unspecified atom stereocenters. The van der Waals surface area contributed by atoms with E-state index in [-0.39, 0.29) is 12.0 Å². The molecule has 7 nitrogen and oxygen atoms in total. The number of carboxylic acid groups (broad SMARTS) is 1. The maximum atomic E-state index is 11.4. The van der Waals surface area contributed by atoms with Crippen molar-refractivity contribution in [1.29, 1.82) is 0 Å². The molecular formula is C21H34O7. The predicted molar refractivity (Wildman–Crippen MR) is 101 cm³/mol. The first-order valence-corrected chi connectivity index (χ1v) is 10.4. The molecule has 1 saturated carbocycles. The van der Waals surface area contributed by atoms with Crippen LogP contribution in [0.5, 0.6) is 0 Å². The van der Waals surface area contributed by atoms with Gasteiger partial charge in [-0.05, 0) is 49.4 Å². The number of aliphatic carboxylic acids is 1. The van der Waals surface area contributed by atoms with Gasteiger partial charge in [-0.3, -0.25) is 0 Å². The lowest BCUT2D eigenvalue weighted by atomic mass is 9.58. The SMILES string of the molecule is CC1=CC(OC2OC(C(=O)O)C(O)C(O)C2O)[C@@H]2[C@@H](C1)[C@H](C(C)C)CC[C@@H]2C. The second-order valence-corrected chi connectivity index (χ2v) is 9.26. The van der Waals surface area contributed by atoms with Crippen LogP contribution >= 0.6 is 0 Å². The number of hydrogen-bond acceptors (Lipinski definition) is 6. The van der Waals surface area contributed by atoms with Gasteiger partial charge in [-0.2, -0.15) is 0 Å². The van der Waals surface area contributed by atoms with Crippen molar-refractivity contribution in [2.75, 3.05) is 0 Å². The molecular weight excluding hydrogens is 364 g/mol. The van der Waals surface area contributed by atoms with Crippen LogP contribution in [0.25, 0.3) is 0 Å². The Balaban J connectivity index is 1.83. The van der Waals surface area contributed by atoms with E-state index in [0.717, 1.165) is 12.8 Å². The Bertz CT molecular complexity index is 604. The van der Waals surface area contributed by atoms with Gasteiger partial charge in [-0.1, -0.05) is 38.8 Å². The number of rotatable bonds is 4. The molecule has 0 aromatic heterocycles. The van der Waals surface area contributed by atoms with Crippen LogP contribution in [0, 0.1) is 29.6 Å². The molecule has 1 saturated heterocycles. The molecule has 4 N–H and O–H groups in total. The summed E-state index contributed by atoms with van der Waals surface area (Å²) in [6.45, 7) is 8.80. The average Bonchev–Trinajstić information content (AvgIpc) is 2.61. The number of allylic oxidation sites excluding steroid dienone is 1. The third-order valence-electron chi connectivity index (χ3n) is 7.00. The van der Waals surface area contributed by atoms with Gasteiger partial charge in [0, 0.05) is 0 Å². The Hall–Kier alpha value is -0.990. The minimum Gasteiger partial charge on any atom is -0.479 e. The largest absolute Gasteiger partial charge is 0.479 e. The first-order chi connectivity index (χ1) is 13.1. The third kappa shape index (κ3) is 4.00. The molecule has 1 heterocycles. The summed E-state index contributed by atoms with van der Waals surface area (Å²) in [6.07, 6.45) is -2.78. The zero-order valence-electron chi connectivity index (χ0n) is 17.1. The number of aliphatic hydroxyl groups is 3. The topological polar surface area (TPSA) is 116 Å². The summed E-state index contributed by atoms with van der Waals surface area (Å²) in [5.74, 6) is 0.897. The van der Waals surface area contributed by atoms with Crippen molar-refractivity contribution in [3.05, 3.63) is 11.6 Å². The normalized spacial score (nSPS) is 46.8. The van der Waals surface area contributed by atoms with Crippen molar-refractivity contribution in [2.24, 2.45) is 29.6 Å². The minimum absolute atomic E-state index is 0.243. The van der Waals surface area contributed by atoms with Gasteiger partial charge in [-0.25, -0.2) is 4.79 Å². The van der Waals surface area contributed by atoms with Gasteiger partial charge in [0.25, 0.3) is 0 Å². The van der Waals surface area contributed by atoms with Crippen LogP contribution in [-0.4, -0.2) is 63.2 Å². The molecule has 0 spiro atoms. The summed E-state index contributed by atoms with van der Waals surface area (Å²) < 4.78 is 11.5. The van der Waals surface area contributed by atoms with Crippen LogP contribution in [0.15, 0.2) is 11.6 Å². The van der Waals surface area contributed by atoms with E-state index in [9.17, 15) is 25.2 Å². The van der Waals surface area contributed by atoms with Crippen LogP contribution < -0.4 is 0 Å². The molecule has 7 heteroatoms. The minimum atomic E-state index is -1.71. The number of fused-ring (bicyclic) bond motifs is 1. The second-order valence-electron chi connectivity index (χ2n) is 9.26. The van der Waals surface area contributed by atoms with Gasteiger partial charge in [0.1, 0.15) is 18.3 Å². The lowest BCUT2D eigenvalue weighted by Gasteiger charge is -2.50. The monoisotopic (exact) mass is 398 g/mol. The lowest BCUT2D eigenvalue weighted by molar-refractivity contribution is -0.307. The summed E-state index contributed by atoms with van der Waals surface area (Å²) in [4.78, 5) is 11.4. The van der Waals surface area contributed by atoms with Crippen molar-refractivity contribution in [3.63, 3.8) is 0 Å². The van der Waals surface area contributed by atoms with E-state index >= 15 is 0 Å². The van der Waals surface area contributed by atoms with E-state index in [1.165, 1.54) is 12.0 Å². The fraction of sp³-hybridized carbons (Fsp3) is 0.857. The summed E-state index contributed by atoms with van der Waals surface area (Å²) in [6, 6.07) is 0. The number of carboxylic acids is 1. The van der Waals surface area contributed by atoms with Gasteiger partial charge in [-0.15, -0.1) is 0 Å². The van der Waals surface area contributed by atoms with Crippen LogP contribution in [-0.2, 0) is 14.3 Å². The Morgan fingerprint density at radius 2 is 1.86 bits per heavy atom. The first-order valence-electron chi connectivity index (χ1n) is 10.4. The number of carbonyl (C=O) groups is 1. The Kier molecular flexibility index (Phi) is 6.51. The maximum Gasteiger partial charge on any atom is 0.335 e. The molecule has 28 heavy (non-hydrogen) atoms. The van der Waals surface area contributed by atoms with Crippen LogP contribution in [0.1, 0.15) is 47.0 Å². The van der Waals surface area contributed by atoms with Gasteiger partial charge >= 0.3 is 5.97 Å². The summed E-state index contributed by atoms with van der Waals surface area (Å²) in [5, 5.41) is 39.6. The highest BCUT2D eigenvalue weighted by atomic mass is 16.7. The van der Waals surface area contributed by atoms with Crippen molar-refractivity contribution in [1.82, 2.24) is 0 Å². The Morgan fingerprint density at radius 3 is 2.46 bits per heavy atom. The Morgan fingerprint density at radius 1 is 1.18 bits per heavy atom. The van der Waals surface area contributed by atoms with Gasteiger partial charge in [0.2, 0.25) is 0 Å². The predicted octanol–water partition coefficient (Wildman–Crippen LogP) is 1.55. The molecule has 10 atom stereocenters. The number of ether oxygens (including phenoxy) is 2. The summed E-state index contributed by atoms with van der Waals surface area (Å²) in [5.41, 5.74) is 1.21. The van der Waals surface area contributed by atoms with E-state index in [1.807, 2.05) is 6.08 Å². The van der Waals surface area contributed by atoms with E-state index < -0.39 is 36.7 Å². The van der Waals surface area contributed by atoms with Gasteiger partial charge in [0.05, 0.1) is 6.10 Å². The highest BCUT2D eigenvalue weighted by Gasteiger charge is 2.50. The van der Waals surface area contributed by atoms with Crippen molar-refractivity contribution < 1.29 is 34.7 Å². The standard InChI is InChI=1S/C21H34O7/c1-9(2)12-6-5-11(4)15-13(12)7-10(3)8-14(15)27-21-18(24)16(22)17(23)19(28-21)20(25)26/h8-9,11-19,21-24H,5-7H2,1-4H3,(H,25,26)/t11-,12-,13-,14?,15-,16?,17?,18?,19?,21?/m0/s1. The fourth-order valence-electron chi connectivity index (χ4n) is 5.53. The quantitative estimate of drug-likeness (QED) is 0.531. The zero-order chi connectivity index (χ0) is 20.7. The number of hydrogen-bond donors (Lipinski definition) is 4. The molecule has 0 amide bonds. The third-order valence-corrected chi connectivity index (χ3v) is 7.00. The van der Waals surface area contributed by atoms with Crippen molar-refractivity contribution in [2.45, 2.75) is 83.8 Å². The van der Waals surface area contributed by atoms with Crippen LogP contribution in [0.4, 0.5) is 0 Å². The molecule has 2 fully saturated rings.